The van der Waals surface area contributed by atoms with Crippen molar-refractivity contribution in [3.8, 4) is 0 Å². The monoisotopic (exact) mass is 265 g/mol. The Bertz CT molecular complexity index is 210. The van der Waals surface area contributed by atoms with E-state index in [0.29, 0.717) is 0 Å². The van der Waals surface area contributed by atoms with Gasteiger partial charge in [-0.3, -0.25) is 0 Å². The van der Waals surface area contributed by atoms with Crippen molar-refractivity contribution in [3.63, 3.8) is 0 Å². The van der Waals surface area contributed by atoms with Crippen LogP contribution in [0.3, 0.4) is 0 Å². The van der Waals surface area contributed by atoms with Crippen molar-refractivity contribution >= 4 is 22.6 Å². The van der Waals surface area contributed by atoms with Crippen LogP contribution in [0.5, 0.6) is 0 Å². The van der Waals surface area contributed by atoms with E-state index in [9.17, 15) is 0 Å². The van der Waals surface area contributed by atoms with Gasteiger partial charge in [0, 0.05) is 29.0 Å². The Labute approximate surface area is 80.5 Å². The molecule has 0 aliphatic heterocycles. The van der Waals surface area contributed by atoms with E-state index in [2.05, 4.69) is 34.5 Å². The highest BCUT2D eigenvalue weighted by Gasteiger charge is 1.98. The molecule has 0 spiro atoms. The van der Waals surface area contributed by atoms with Crippen molar-refractivity contribution < 1.29 is 4.42 Å². The molecule has 1 rings (SSSR count). The minimum Gasteiger partial charge on any atom is -0.437 e. The Balaban J connectivity index is 2.27. The number of halogens is 1. The Hall–Kier alpha value is -0.0600. The van der Waals surface area contributed by atoms with Crippen molar-refractivity contribution in [3.05, 3.63) is 15.9 Å². The Morgan fingerprint density at radius 2 is 2.36 bits per heavy atom. The molecule has 0 aromatic carbocycles. The summed E-state index contributed by atoms with van der Waals surface area (Å²) in [7, 11) is 0. The van der Waals surface area contributed by atoms with E-state index in [1.807, 2.05) is 6.20 Å². The van der Waals surface area contributed by atoms with Gasteiger partial charge in [-0.25, -0.2) is 4.98 Å². The second kappa shape index (κ2) is 4.74. The van der Waals surface area contributed by atoms with Gasteiger partial charge in [-0.2, -0.15) is 0 Å². The molecule has 0 N–H and O–H groups in total. The standard InChI is InChI=1S/C8H12INO/c1-2-3-4-5-7-6-10-8(9)11-7/h6H,2-5H2,1H3. The average Bonchev–Trinajstić information content (AvgIpc) is 2.37. The highest BCUT2D eigenvalue weighted by Crippen LogP contribution is 2.09. The number of nitrogens with zero attached hydrogens (tertiary/aromatic N) is 1. The number of aryl methyl sites for hydroxylation is 1. The van der Waals surface area contributed by atoms with Crippen LogP contribution in [0.15, 0.2) is 10.6 Å². The maximum Gasteiger partial charge on any atom is 0.257 e. The van der Waals surface area contributed by atoms with E-state index in [1.54, 1.807) is 0 Å². The van der Waals surface area contributed by atoms with Crippen LogP contribution >= 0.6 is 22.6 Å². The molecule has 3 heteroatoms. The topological polar surface area (TPSA) is 26.0 Å². The molecule has 0 saturated heterocycles. The maximum atomic E-state index is 5.31. The van der Waals surface area contributed by atoms with Crippen molar-refractivity contribution in [1.82, 2.24) is 4.98 Å². The number of hydrogen-bond acceptors (Lipinski definition) is 2. The molecule has 0 unspecified atom stereocenters. The lowest BCUT2D eigenvalue weighted by molar-refractivity contribution is 0.468. The largest absolute Gasteiger partial charge is 0.437 e. The van der Waals surface area contributed by atoms with Gasteiger partial charge >= 0.3 is 0 Å². The maximum absolute atomic E-state index is 5.31. The van der Waals surface area contributed by atoms with Crippen LogP contribution in [-0.4, -0.2) is 4.98 Å². The predicted octanol–water partition coefficient (Wildman–Crippen LogP) is 3.01. The molecule has 0 aliphatic rings. The molecule has 0 bridgehead atoms. The molecule has 0 atom stereocenters. The van der Waals surface area contributed by atoms with Gasteiger partial charge in [0.2, 0.25) is 0 Å². The first kappa shape index (κ1) is 9.03. The van der Waals surface area contributed by atoms with Crippen molar-refractivity contribution in [1.29, 1.82) is 0 Å². The molecule has 0 aliphatic carbocycles. The first-order valence-electron chi connectivity index (χ1n) is 3.93. The van der Waals surface area contributed by atoms with Crippen molar-refractivity contribution in [2.75, 3.05) is 0 Å². The van der Waals surface area contributed by atoms with Gasteiger partial charge in [-0.1, -0.05) is 19.8 Å². The Morgan fingerprint density at radius 1 is 1.55 bits per heavy atom. The fourth-order valence-electron chi connectivity index (χ4n) is 0.948. The SMILES string of the molecule is CCCCCc1cnc(I)o1. The number of aromatic nitrogens is 1. The molecule has 1 aromatic rings. The third-order valence-electron chi connectivity index (χ3n) is 1.55. The fraction of sp³-hybridized carbons (Fsp3) is 0.625. The second-order valence-electron chi connectivity index (χ2n) is 2.54. The molecule has 11 heavy (non-hydrogen) atoms. The number of hydrogen-bond donors (Lipinski definition) is 0. The summed E-state index contributed by atoms with van der Waals surface area (Å²) in [6, 6.07) is 0. The zero-order valence-electron chi connectivity index (χ0n) is 6.64. The van der Waals surface area contributed by atoms with Crippen LogP contribution in [0.1, 0.15) is 31.9 Å². The van der Waals surface area contributed by atoms with E-state index < -0.39 is 0 Å². The average molecular weight is 265 g/mol. The normalized spacial score (nSPS) is 10.4. The van der Waals surface area contributed by atoms with Gasteiger partial charge < -0.3 is 4.42 Å². The summed E-state index contributed by atoms with van der Waals surface area (Å²) in [6.07, 6.45) is 6.59. The summed E-state index contributed by atoms with van der Waals surface area (Å²) in [5, 5.41) is 0. The van der Waals surface area contributed by atoms with E-state index in [4.69, 9.17) is 4.42 Å². The molecule has 0 saturated carbocycles. The highest BCUT2D eigenvalue weighted by atomic mass is 127. The molecule has 62 valence electrons. The zero-order valence-corrected chi connectivity index (χ0v) is 8.80. The number of oxazole rings is 1. The molecule has 1 heterocycles. The summed E-state index contributed by atoms with van der Waals surface area (Å²) in [5.41, 5.74) is 0. The van der Waals surface area contributed by atoms with Crippen molar-refractivity contribution in [2.24, 2.45) is 0 Å². The van der Waals surface area contributed by atoms with E-state index >= 15 is 0 Å². The molecular weight excluding hydrogens is 253 g/mol. The van der Waals surface area contributed by atoms with Gasteiger partial charge in [0.05, 0.1) is 6.20 Å². The minimum atomic E-state index is 0.745. The van der Waals surface area contributed by atoms with E-state index in [-0.39, 0.29) is 0 Å². The van der Waals surface area contributed by atoms with Crippen LogP contribution < -0.4 is 0 Å². The molecule has 1 aromatic heterocycles. The summed E-state index contributed by atoms with van der Waals surface area (Å²) in [4.78, 5) is 4.02. The number of unbranched alkanes of at least 4 members (excludes halogenated alkanes) is 2. The van der Waals surface area contributed by atoms with Gasteiger partial charge in [0.1, 0.15) is 5.76 Å². The Kier molecular flexibility index (Phi) is 3.90. The molecular formula is C8H12INO. The molecule has 2 nitrogen and oxygen atoms in total. The van der Waals surface area contributed by atoms with Gasteiger partial charge in [0.15, 0.2) is 0 Å². The van der Waals surface area contributed by atoms with Crippen LogP contribution in [0.2, 0.25) is 0 Å². The summed E-state index contributed by atoms with van der Waals surface area (Å²) in [5.74, 6) is 1.02. The lowest BCUT2D eigenvalue weighted by Gasteiger charge is -1.92. The third kappa shape index (κ3) is 3.22. The quantitative estimate of drug-likeness (QED) is 0.617. The van der Waals surface area contributed by atoms with Crippen molar-refractivity contribution in [2.45, 2.75) is 32.6 Å². The molecule has 0 fully saturated rings. The van der Waals surface area contributed by atoms with Crippen LogP contribution in [-0.2, 0) is 6.42 Å². The summed E-state index contributed by atoms with van der Waals surface area (Å²) >= 11 is 2.08. The third-order valence-corrected chi connectivity index (χ3v) is 2.05. The van der Waals surface area contributed by atoms with Gasteiger partial charge in [-0.15, -0.1) is 0 Å². The molecule has 0 amide bonds. The zero-order chi connectivity index (χ0) is 8.10. The van der Waals surface area contributed by atoms with Gasteiger partial charge in [-0.05, 0) is 6.42 Å². The first-order chi connectivity index (χ1) is 5.33. The summed E-state index contributed by atoms with van der Waals surface area (Å²) in [6.45, 7) is 2.20. The second-order valence-corrected chi connectivity index (χ2v) is 3.46. The predicted molar refractivity (Wildman–Crippen MR) is 52.4 cm³/mol. The van der Waals surface area contributed by atoms with E-state index in [1.165, 1.54) is 19.3 Å². The number of rotatable bonds is 4. The lowest BCUT2D eigenvalue weighted by atomic mass is 10.2. The highest BCUT2D eigenvalue weighted by molar-refractivity contribution is 14.1. The summed E-state index contributed by atoms with van der Waals surface area (Å²) < 4.78 is 6.05. The lowest BCUT2D eigenvalue weighted by Crippen LogP contribution is -1.80. The first-order valence-corrected chi connectivity index (χ1v) is 5.01. The van der Waals surface area contributed by atoms with E-state index in [0.717, 1.165) is 16.1 Å². The Morgan fingerprint density at radius 3 is 2.91 bits per heavy atom. The van der Waals surface area contributed by atoms with Crippen LogP contribution in [0.25, 0.3) is 0 Å². The smallest absolute Gasteiger partial charge is 0.257 e. The molecule has 0 radical (unpaired) electrons. The van der Waals surface area contributed by atoms with Crippen LogP contribution in [0.4, 0.5) is 0 Å². The fourth-order valence-corrected chi connectivity index (χ4v) is 1.37. The van der Waals surface area contributed by atoms with Gasteiger partial charge in [0.25, 0.3) is 3.90 Å². The van der Waals surface area contributed by atoms with Crippen LogP contribution in [0, 0.1) is 3.90 Å². The minimum absolute atomic E-state index is 0.745.